The first-order chi connectivity index (χ1) is 16.7. The zero-order valence-electron chi connectivity index (χ0n) is 19.2. The second-order valence-corrected chi connectivity index (χ2v) is 10.5. The van der Waals surface area contributed by atoms with Gasteiger partial charge in [0, 0.05) is 30.2 Å². The number of benzene rings is 1. The summed E-state index contributed by atoms with van der Waals surface area (Å²) in [5.74, 6) is 0.733. The minimum absolute atomic E-state index is 0.242. The van der Waals surface area contributed by atoms with Crippen LogP contribution < -0.4 is 19.9 Å². The molecule has 11 nitrogen and oxygen atoms in total. The summed E-state index contributed by atoms with van der Waals surface area (Å²) in [7, 11) is -3.27. The van der Waals surface area contributed by atoms with Crippen LogP contribution >= 0.6 is 0 Å². The van der Waals surface area contributed by atoms with Crippen molar-refractivity contribution in [2.75, 3.05) is 41.1 Å². The first-order valence-corrected chi connectivity index (χ1v) is 12.9. The Morgan fingerprint density at radius 1 is 1.14 bits per heavy atom. The number of carbonyl (C=O) groups is 1. The van der Waals surface area contributed by atoms with Crippen molar-refractivity contribution >= 4 is 38.9 Å². The number of pyridine rings is 1. The van der Waals surface area contributed by atoms with Crippen molar-refractivity contribution < 1.29 is 23.1 Å². The SMILES string of the molecule is Cc1c(N2CCc3cnc(Nc4ccc(S(C)(=O)=O)cc4)nc3C2)cnc2c1N(C(=O)O)CCO2. The molecule has 2 N–H and O–H groups in total. The maximum atomic E-state index is 11.8. The molecule has 0 radical (unpaired) electrons. The van der Waals surface area contributed by atoms with Gasteiger partial charge < -0.3 is 20.1 Å². The number of aromatic nitrogens is 3. The van der Waals surface area contributed by atoms with E-state index in [2.05, 4.69) is 25.2 Å². The van der Waals surface area contributed by atoms with Crippen molar-refractivity contribution in [2.45, 2.75) is 24.8 Å². The molecule has 0 saturated heterocycles. The van der Waals surface area contributed by atoms with Crippen molar-refractivity contribution in [1.82, 2.24) is 15.0 Å². The molecule has 182 valence electrons. The average molecular weight is 497 g/mol. The fraction of sp³-hybridized carbons (Fsp3) is 0.304. The van der Waals surface area contributed by atoms with Crippen LogP contribution in [-0.4, -0.2) is 60.5 Å². The number of hydrogen-bond acceptors (Lipinski definition) is 9. The highest BCUT2D eigenvalue weighted by molar-refractivity contribution is 7.90. The van der Waals surface area contributed by atoms with Crippen molar-refractivity contribution in [3.8, 4) is 5.88 Å². The van der Waals surface area contributed by atoms with Crippen LogP contribution in [0.15, 0.2) is 41.6 Å². The van der Waals surface area contributed by atoms with Crippen LogP contribution in [0.4, 0.5) is 27.8 Å². The number of rotatable bonds is 4. The average Bonchev–Trinajstić information content (AvgIpc) is 2.83. The van der Waals surface area contributed by atoms with Crippen molar-refractivity contribution in [3.05, 3.63) is 53.5 Å². The number of nitrogens with one attached hydrogen (secondary N) is 1. The summed E-state index contributed by atoms with van der Waals surface area (Å²) < 4.78 is 28.9. The monoisotopic (exact) mass is 496 g/mol. The molecule has 0 aliphatic carbocycles. The Morgan fingerprint density at radius 3 is 2.63 bits per heavy atom. The highest BCUT2D eigenvalue weighted by Gasteiger charge is 2.30. The molecule has 4 heterocycles. The van der Waals surface area contributed by atoms with E-state index in [1.54, 1.807) is 24.5 Å². The summed E-state index contributed by atoms with van der Waals surface area (Å²) in [6.45, 7) is 3.62. The minimum atomic E-state index is -3.27. The van der Waals surface area contributed by atoms with E-state index in [1.807, 2.05) is 6.92 Å². The molecule has 2 aliphatic rings. The summed E-state index contributed by atoms with van der Waals surface area (Å²) in [4.78, 5) is 28.9. The third kappa shape index (κ3) is 4.44. The van der Waals surface area contributed by atoms with Gasteiger partial charge in [0.1, 0.15) is 12.3 Å². The number of anilines is 4. The normalized spacial score (nSPS) is 15.1. The molecule has 12 heteroatoms. The Hall–Kier alpha value is -3.93. The number of ether oxygens (including phenoxy) is 1. The summed E-state index contributed by atoms with van der Waals surface area (Å²) in [6, 6.07) is 6.41. The Labute approximate surface area is 202 Å². The van der Waals surface area contributed by atoms with Gasteiger partial charge in [0.25, 0.3) is 0 Å². The summed E-state index contributed by atoms with van der Waals surface area (Å²) in [5.41, 5.74) is 4.67. The van der Waals surface area contributed by atoms with E-state index in [-0.39, 0.29) is 18.0 Å². The molecule has 2 aromatic heterocycles. The van der Waals surface area contributed by atoms with Gasteiger partial charge in [-0.15, -0.1) is 0 Å². The predicted molar refractivity (Wildman–Crippen MR) is 129 cm³/mol. The Balaban J connectivity index is 1.39. The molecule has 0 spiro atoms. The fourth-order valence-corrected chi connectivity index (χ4v) is 4.95. The Bertz CT molecular complexity index is 1410. The van der Waals surface area contributed by atoms with E-state index < -0.39 is 15.9 Å². The van der Waals surface area contributed by atoms with Gasteiger partial charge >= 0.3 is 6.09 Å². The maximum absolute atomic E-state index is 11.8. The zero-order valence-corrected chi connectivity index (χ0v) is 20.0. The quantitative estimate of drug-likeness (QED) is 0.554. The second kappa shape index (κ2) is 8.69. The summed E-state index contributed by atoms with van der Waals surface area (Å²) in [6.07, 6.45) is 4.38. The highest BCUT2D eigenvalue weighted by Crippen LogP contribution is 2.39. The molecule has 5 rings (SSSR count). The highest BCUT2D eigenvalue weighted by atomic mass is 32.2. The molecule has 0 atom stereocenters. The molecular weight excluding hydrogens is 472 g/mol. The number of hydrogen-bond donors (Lipinski definition) is 2. The minimum Gasteiger partial charge on any atom is -0.474 e. The number of fused-ring (bicyclic) bond motifs is 2. The van der Waals surface area contributed by atoms with Crippen LogP contribution in [0.3, 0.4) is 0 Å². The number of amides is 1. The largest absolute Gasteiger partial charge is 0.474 e. The van der Waals surface area contributed by atoms with Gasteiger partial charge in [-0.25, -0.2) is 28.2 Å². The molecule has 35 heavy (non-hydrogen) atoms. The first kappa shape index (κ1) is 22.8. The van der Waals surface area contributed by atoms with Gasteiger partial charge in [-0.2, -0.15) is 0 Å². The molecule has 0 unspecified atom stereocenters. The molecule has 2 aliphatic heterocycles. The zero-order chi connectivity index (χ0) is 24.7. The Kier molecular flexibility index (Phi) is 5.67. The lowest BCUT2D eigenvalue weighted by atomic mass is 10.0. The van der Waals surface area contributed by atoms with E-state index in [4.69, 9.17) is 4.74 Å². The molecule has 0 bridgehead atoms. The van der Waals surface area contributed by atoms with Gasteiger partial charge in [0.15, 0.2) is 9.84 Å². The van der Waals surface area contributed by atoms with Gasteiger partial charge in [-0.3, -0.25) is 4.90 Å². The first-order valence-electron chi connectivity index (χ1n) is 11.0. The van der Waals surface area contributed by atoms with Crippen molar-refractivity contribution in [3.63, 3.8) is 0 Å². The third-order valence-corrected chi connectivity index (χ3v) is 7.25. The number of carboxylic acid groups (broad SMARTS) is 1. The van der Waals surface area contributed by atoms with Gasteiger partial charge in [-0.1, -0.05) is 0 Å². The second-order valence-electron chi connectivity index (χ2n) is 8.46. The van der Waals surface area contributed by atoms with Crippen LogP contribution in [-0.2, 0) is 22.8 Å². The van der Waals surface area contributed by atoms with E-state index in [0.29, 0.717) is 36.3 Å². The van der Waals surface area contributed by atoms with E-state index in [1.165, 1.54) is 23.3 Å². The van der Waals surface area contributed by atoms with Crippen LogP contribution in [0.25, 0.3) is 0 Å². The molecule has 0 fully saturated rings. The van der Waals surface area contributed by atoms with Crippen LogP contribution in [0.1, 0.15) is 16.8 Å². The van der Waals surface area contributed by atoms with Gasteiger partial charge in [-0.05, 0) is 43.2 Å². The molecular formula is C23H24N6O5S. The maximum Gasteiger partial charge on any atom is 0.412 e. The number of nitrogens with zero attached hydrogens (tertiary/aromatic N) is 5. The van der Waals surface area contributed by atoms with E-state index >= 15 is 0 Å². The van der Waals surface area contributed by atoms with Crippen LogP contribution in [0, 0.1) is 6.92 Å². The lowest BCUT2D eigenvalue weighted by Gasteiger charge is -2.34. The Morgan fingerprint density at radius 2 is 1.91 bits per heavy atom. The van der Waals surface area contributed by atoms with Crippen molar-refractivity contribution in [1.29, 1.82) is 0 Å². The lowest BCUT2D eigenvalue weighted by molar-refractivity contribution is 0.196. The van der Waals surface area contributed by atoms with Crippen LogP contribution in [0.5, 0.6) is 5.88 Å². The smallest absolute Gasteiger partial charge is 0.412 e. The predicted octanol–water partition coefficient (Wildman–Crippen LogP) is 2.77. The summed E-state index contributed by atoms with van der Waals surface area (Å²) in [5, 5.41) is 12.7. The molecule has 3 aromatic rings. The van der Waals surface area contributed by atoms with Crippen LogP contribution in [0.2, 0.25) is 0 Å². The lowest BCUT2D eigenvalue weighted by Crippen LogP contribution is -2.38. The standard InChI is InChI=1S/C23H24N6O5S/c1-14-19(12-24-21-20(14)29(23(30)31)9-10-34-21)28-8-7-15-11-25-22(27-18(15)13-28)26-16-3-5-17(6-4-16)35(2,32)33/h3-6,11-12H,7-10,13H2,1-2H3,(H,30,31)(H,25,26,27). The van der Waals surface area contributed by atoms with Crippen molar-refractivity contribution in [2.24, 2.45) is 0 Å². The molecule has 1 amide bonds. The fourth-order valence-electron chi connectivity index (χ4n) is 4.32. The topological polar surface area (TPSA) is 138 Å². The summed E-state index contributed by atoms with van der Waals surface area (Å²) >= 11 is 0. The molecule has 0 saturated carbocycles. The van der Waals surface area contributed by atoms with Gasteiger partial charge in [0.05, 0.1) is 35.6 Å². The number of sulfone groups is 1. The third-order valence-electron chi connectivity index (χ3n) is 6.13. The van der Waals surface area contributed by atoms with Gasteiger partial charge in [0.2, 0.25) is 11.8 Å². The van der Waals surface area contributed by atoms with E-state index in [9.17, 15) is 18.3 Å². The van der Waals surface area contributed by atoms with E-state index in [0.717, 1.165) is 28.9 Å². The molecule has 1 aromatic carbocycles.